The summed E-state index contributed by atoms with van der Waals surface area (Å²) in [5.74, 6) is -2.26. The van der Waals surface area contributed by atoms with E-state index in [-0.39, 0.29) is 84.0 Å². The van der Waals surface area contributed by atoms with Gasteiger partial charge in [0.25, 0.3) is 17.4 Å². The second kappa shape index (κ2) is 22.6. The normalized spacial score (nSPS) is 21.3. The van der Waals surface area contributed by atoms with E-state index in [1.54, 1.807) is 46.2 Å². The number of hydrogen-bond donors (Lipinski definition) is 2. The van der Waals surface area contributed by atoms with Crippen LogP contribution in [0.1, 0.15) is 127 Å². The van der Waals surface area contributed by atoms with Crippen LogP contribution in [0, 0.1) is 23.5 Å². The quantitative estimate of drug-likeness (QED) is 0.162. The number of rotatable bonds is 13. The Morgan fingerprint density at radius 2 is 1.38 bits per heavy atom. The van der Waals surface area contributed by atoms with Crippen molar-refractivity contribution < 1.29 is 37.5 Å². The molecular weight excluding hydrogens is 935 g/mol. The zero-order valence-electron chi connectivity index (χ0n) is 41.7. The van der Waals surface area contributed by atoms with E-state index >= 15 is 8.78 Å². The van der Waals surface area contributed by atoms with Crippen molar-refractivity contribution in [2.75, 3.05) is 72.0 Å². The molecule has 2 aliphatic carbocycles. The van der Waals surface area contributed by atoms with Crippen LogP contribution in [0.3, 0.4) is 0 Å². The molecular formula is C56H68F2N8O7. The number of carbonyl (C=O) groups is 5. The van der Waals surface area contributed by atoms with Crippen LogP contribution in [-0.4, -0.2) is 154 Å². The van der Waals surface area contributed by atoms with Crippen molar-refractivity contribution in [2.45, 2.75) is 114 Å². The fourth-order valence-electron chi connectivity index (χ4n) is 12.0. The van der Waals surface area contributed by atoms with Crippen LogP contribution in [-0.2, 0) is 25.5 Å². The first-order valence-electron chi connectivity index (χ1n) is 26.8. The van der Waals surface area contributed by atoms with E-state index in [9.17, 15) is 28.8 Å². The zero-order valence-corrected chi connectivity index (χ0v) is 41.7. The van der Waals surface area contributed by atoms with Gasteiger partial charge in [-0.15, -0.1) is 0 Å². The lowest BCUT2D eigenvalue weighted by molar-refractivity contribution is -0.140. The molecule has 0 radical (unpaired) electrons. The standard InChI is InChI=1S/C56H68F2N8O7/c57-47-18-15-36(33-48-43-11-4-5-12-44(43)53(69)61-60-48)32-46(47)55(71)65-30-28-63(29-31-65)49(67)35-62-24-19-40(20-25-62)73-41-21-26-64(27-22-41)56(72)51(37-8-2-1-3-9-37)59-52(68)45-14-6-13-42(50(45)58)39-10-7-23-66(34-39)54(70)38-16-17-38/h4-6,11-15,18,32,37-41,51H,1-3,7-10,16-17,19-31,33-35H2,(H,59,68)(H,61,69)/t39?,51-/m1/s1. The SMILES string of the molecule is O=C(N[C@@H](C(=O)N1CCC(OC2CCN(CC(=O)N3CCN(C(=O)c4cc(Cc5n[nH]c(=O)c6ccccc56)ccc4F)CC3)CC2)CC1)C1CCCCC1)c1cccc(C2CCCN(C(=O)C3CC3)C2)c1F. The van der Waals surface area contributed by atoms with Crippen LogP contribution in [0.25, 0.3) is 10.8 Å². The monoisotopic (exact) mass is 1000 g/mol. The number of aromatic amines is 1. The number of aromatic nitrogens is 2. The average molecular weight is 1000 g/mol. The fraction of sp³-hybridized carbons (Fsp3) is 0.554. The Morgan fingerprint density at radius 1 is 0.685 bits per heavy atom. The second-order valence-electron chi connectivity index (χ2n) is 21.3. The molecule has 17 heteroatoms. The number of ether oxygens (including phenoxy) is 1. The number of hydrogen-bond acceptors (Lipinski definition) is 9. The minimum absolute atomic E-state index is 0.00711. The molecule has 4 aliphatic heterocycles. The summed E-state index contributed by atoms with van der Waals surface area (Å²) in [4.78, 5) is 89.7. The van der Waals surface area contributed by atoms with Gasteiger partial charge in [-0.1, -0.05) is 55.7 Å². The van der Waals surface area contributed by atoms with Gasteiger partial charge in [0, 0.05) is 89.1 Å². The number of carbonyl (C=O) groups excluding carboxylic acids is 5. The van der Waals surface area contributed by atoms with Crippen molar-refractivity contribution in [3.8, 4) is 0 Å². The fourth-order valence-corrected chi connectivity index (χ4v) is 12.0. The third kappa shape index (κ3) is 11.7. The van der Waals surface area contributed by atoms with Crippen LogP contribution < -0.4 is 10.9 Å². The molecule has 6 aliphatic rings. The van der Waals surface area contributed by atoms with Crippen molar-refractivity contribution in [1.29, 1.82) is 0 Å². The first-order chi connectivity index (χ1) is 35.5. The molecule has 2 saturated carbocycles. The van der Waals surface area contributed by atoms with E-state index in [1.165, 1.54) is 12.1 Å². The number of amides is 5. The van der Waals surface area contributed by atoms with Gasteiger partial charge in [-0.3, -0.25) is 33.7 Å². The first kappa shape index (κ1) is 50.5. The van der Waals surface area contributed by atoms with E-state index in [1.807, 2.05) is 21.9 Å². The molecule has 1 aromatic heterocycles. The number of nitrogens with zero attached hydrogens (tertiary/aromatic N) is 6. The topological polar surface area (TPSA) is 169 Å². The van der Waals surface area contributed by atoms with Gasteiger partial charge < -0.3 is 29.7 Å². The lowest BCUT2D eigenvalue weighted by Gasteiger charge is -2.40. The summed E-state index contributed by atoms with van der Waals surface area (Å²) in [6, 6.07) is 15.8. The molecule has 4 aromatic rings. The molecule has 2 atom stereocenters. The van der Waals surface area contributed by atoms with Crippen molar-refractivity contribution >= 4 is 40.3 Å². The number of H-pyrrole nitrogens is 1. The lowest BCUT2D eigenvalue weighted by Crippen LogP contribution is -2.55. The Balaban J connectivity index is 0.664. The summed E-state index contributed by atoms with van der Waals surface area (Å²) in [5, 5.41) is 11.0. The van der Waals surface area contributed by atoms with Gasteiger partial charge >= 0.3 is 0 Å². The third-order valence-electron chi connectivity index (χ3n) is 16.4. The molecule has 0 bridgehead atoms. The van der Waals surface area contributed by atoms with E-state index < -0.39 is 29.5 Å². The summed E-state index contributed by atoms with van der Waals surface area (Å²) in [5.41, 5.74) is 1.36. The Hall–Kier alpha value is -6.07. The molecule has 73 heavy (non-hydrogen) atoms. The molecule has 3 aromatic carbocycles. The number of fused-ring (bicyclic) bond motifs is 1. The summed E-state index contributed by atoms with van der Waals surface area (Å²) < 4.78 is 38.0. The second-order valence-corrected chi connectivity index (χ2v) is 21.3. The Kier molecular flexibility index (Phi) is 15.6. The van der Waals surface area contributed by atoms with Crippen molar-refractivity contribution in [3.63, 3.8) is 0 Å². The van der Waals surface area contributed by atoms with E-state index in [4.69, 9.17) is 4.74 Å². The summed E-state index contributed by atoms with van der Waals surface area (Å²) in [7, 11) is 0. The van der Waals surface area contributed by atoms with Gasteiger partial charge in [0.05, 0.1) is 41.0 Å². The maximum absolute atomic E-state index is 16.3. The van der Waals surface area contributed by atoms with Gasteiger partial charge in [-0.2, -0.15) is 5.10 Å². The van der Waals surface area contributed by atoms with E-state index in [0.717, 1.165) is 70.6 Å². The number of piperidine rings is 3. The maximum atomic E-state index is 16.3. The Labute approximate surface area is 425 Å². The molecule has 1 unspecified atom stereocenters. The summed E-state index contributed by atoms with van der Waals surface area (Å²) >= 11 is 0. The van der Waals surface area contributed by atoms with Gasteiger partial charge in [-0.05, 0) is 106 Å². The van der Waals surface area contributed by atoms with Gasteiger partial charge in [0.2, 0.25) is 17.7 Å². The van der Waals surface area contributed by atoms with Gasteiger partial charge in [-0.25, -0.2) is 13.9 Å². The molecule has 5 amide bonds. The van der Waals surface area contributed by atoms with E-state index in [2.05, 4.69) is 20.4 Å². The van der Waals surface area contributed by atoms with Crippen molar-refractivity contribution in [2.24, 2.45) is 11.8 Å². The zero-order chi connectivity index (χ0) is 50.6. The number of piperazine rings is 1. The highest BCUT2D eigenvalue weighted by Crippen LogP contribution is 2.36. The molecule has 2 N–H and O–H groups in total. The number of likely N-dealkylation sites (tertiary alicyclic amines) is 3. The number of benzene rings is 3. The minimum atomic E-state index is -0.748. The molecule has 388 valence electrons. The minimum Gasteiger partial charge on any atom is -0.375 e. The van der Waals surface area contributed by atoms with Crippen LogP contribution >= 0.6 is 0 Å². The molecule has 0 spiro atoms. The lowest BCUT2D eigenvalue weighted by atomic mass is 9.83. The summed E-state index contributed by atoms with van der Waals surface area (Å²) in [6.07, 6.45) is 11.3. The predicted molar refractivity (Wildman–Crippen MR) is 270 cm³/mol. The van der Waals surface area contributed by atoms with Gasteiger partial charge in [0.1, 0.15) is 17.7 Å². The van der Waals surface area contributed by atoms with Crippen LogP contribution in [0.2, 0.25) is 0 Å². The third-order valence-corrected chi connectivity index (χ3v) is 16.4. The van der Waals surface area contributed by atoms with Crippen LogP contribution in [0.15, 0.2) is 65.5 Å². The van der Waals surface area contributed by atoms with E-state index in [0.29, 0.717) is 99.2 Å². The molecule has 5 heterocycles. The number of halogens is 2. The van der Waals surface area contributed by atoms with Gasteiger partial charge in [0.15, 0.2) is 0 Å². The number of nitrogens with one attached hydrogen (secondary N) is 2. The highest BCUT2D eigenvalue weighted by Gasteiger charge is 2.39. The van der Waals surface area contributed by atoms with Crippen molar-refractivity contribution in [3.05, 3.63) is 111 Å². The van der Waals surface area contributed by atoms with Crippen LogP contribution in [0.5, 0.6) is 0 Å². The Bertz CT molecular complexity index is 2740. The molecule has 10 rings (SSSR count). The molecule has 6 fully saturated rings. The summed E-state index contributed by atoms with van der Waals surface area (Å²) in [6.45, 7) is 5.11. The van der Waals surface area contributed by atoms with Crippen molar-refractivity contribution in [1.82, 2.24) is 40.0 Å². The first-order valence-corrected chi connectivity index (χ1v) is 26.8. The highest BCUT2D eigenvalue weighted by atomic mass is 19.1. The smallest absolute Gasteiger partial charge is 0.272 e. The molecule has 15 nitrogen and oxygen atoms in total. The predicted octanol–water partition coefficient (Wildman–Crippen LogP) is 6.04. The average Bonchev–Trinajstić information content (AvgIpc) is 4.28. The molecule has 4 saturated heterocycles. The largest absolute Gasteiger partial charge is 0.375 e. The highest BCUT2D eigenvalue weighted by molar-refractivity contribution is 5.98. The Morgan fingerprint density at radius 3 is 2.11 bits per heavy atom. The maximum Gasteiger partial charge on any atom is 0.272 e. The van der Waals surface area contributed by atoms with Crippen LogP contribution in [0.4, 0.5) is 8.78 Å².